The third-order valence-electron chi connectivity index (χ3n) is 3.30. The summed E-state index contributed by atoms with van der Waals surface area (Å²) in [7, 11) is 1.96. The van der Waals surface area contributed by atoms with Gasteiger partial charge in [-0.1, -0.05) is 35.9 Å². The normalized spacial score (nSPS) is 11.0. The first-order valence-electron chi connectivity index (χ1n) is 6.80. The minimum absolute atomic E-state index is 0.557. The van der Waals surface area contributed by atoms with Crippen LogP contribution in [0.15, 0.2) is 48.5 Å². The molecular formula is C17H16ClNOS. The van der Waals surface area contributed by atoms with Crippen LogP contribution >= 0.6 is 22.9 Å². The van der Waals surface area contributed by atoms with Crippen LogP contribution < -0.4 is 10.1 Å². The van der Waals surface area contributed by atoms with Gasteiger partial charge in [-0.3, -0.25) is 0 Å². The number of halogens is 1. The topological polar surface area (TPSA) is 21.3 Å². The summed E-state index contributed by atoms with van der Waals surface area (Å²) in [6, 6.07) is 16.0. The number of hydrogen-bond donors (Lipinski definition) is 1. The average molecular weight is 318 g/mol. The highest BCUT2D eigenvalue weighted by atomic mass is 35.5. The Morgan fingerprint density at radius 3 is 2.81 bits per heavy atom. The average Bonchev–Trinajstić information content (AvgIpc) is 2.83. The van der Waals surface area contributed by atoms with Gasteiger partial charge in [0.2, 0.25) is 0 Å². The molecule has 0 fully saturated rings. The fourth-order valence-corrected chi connectivity index (χ4v) is 3.73. The lowest BCUT2D eigenvalue weighted by Crippen LogP contribution is -2.06. The smallest absolute Gasteiger partial charge is 0.121 e. The zero-order valence-electron chi connectivity index (χ0n) is 11.7. The third-order valence-corrected chi connectivity index (χ3v) is 4.75. The maximum Gasteiger partial charge on any atom is 0.121 e. The van der Waals surface area contributed by atoms with Crippen molar-refractivity contribution < 1.29 is 4.74 Å². The molecule has 4 heteroatoms. The van der Waals surface area contributed by atoms with Gasteiger partial charge in [0.25, 0.3) is 0 Å². The second-order valence-electron chi connectivity index (χ2n) is 4.78. The molecule has 0 radical (unpaired) electrons. The van der Waals surface area contributed by atoms with E-state index >= 15 is 0 Å². The van der Waals surface area contributed by atoms with E-state index in [1.54, 1.807) is 0 Å². The predicted molar refractivity (Wildman–Crippen MR) is 90.4 cm³/mol. The first-order valence-corrected chi connectivity index (χ1v) is 7.99. The van der Waals surface area contributed by atoms with Crippen LogP contribution in [0.5, 0.6) is 5.75 Å². The summed E-state index contributed by atoms with van der Waals surface area (Å²) in [6.45, 7) is 1.41. The van der Waals surface area contributed by atoms with Crippen LogP contribution in [0, 0.1) is 0 Å². The van der Waals surface area contributed by atoms with Crippen molar-refractivity contribution in [2.24, 2.45) is 0 Å². The Kier molecular flexibility index (Phi) is 4.44. The first-order chi connectivity index (χ1) is 10.3. The fraction of sp³-hybridized carbons (Fsp3) is 0.176. The van der Waals surface area contributed by atoms with Crippen LogP contribution in [-0.2, 0) is 13.2 Å². The minimum Gasteiger partial charge on any atom is -0.489 e. The molecule has 3 rings (SSSR count). The summed E-state index contributed by atoms with van der Waals surface area (Å²) < 4.78 is 7.22. The lowest BCUT2D eigenvalue weighted by molar-refractivity contribution is 0.307. The van der Waals surface area contributed by atoms with Gasteiger partial charge >= 0.3 is 0 Å². The Morgan fingerprint density at radius 1 is 1.14 bits per heavy atom. The molecule has 21 heavy (non-hydrogen) atoms. The zero-order valence-corrected chi connectivity index (χ0v) is 13.3. The Morgan fingerprint density at radius 2 is 2.00 bits per heavy atom. The van der Waals surface area contributed by atoms with E-state index in [-0.39, 0.29) is 0 Å². The van der Waals surface area contributed by atoms with Crippen molar-refractivity contribution in [1.29, 1.82) is 0 Å². The van der Waals surface area contributed by atoms with Gasteiger partial charge in [0.05, 0.1) is 0 Å². The van der Waals surface area contributed by atoms with E-state index in [4.69, 9.17) is 16.3 Å². The highest BCUT2D eigenvalue weighted by Gasteiger charge is 2.12. The SMILES string of the molecule is CNCc1sc2ccccc2c1COc1cccc(Cl)c1. The summed E-state index contributed by atoms with van der Waals surface area (Å²) in [5, 5.41) is 5.19. The highest BCUT2D eigenvalue weighted by molar-refractivity contribution is 7.19. The molecule has 0 aliphatic rings. The molecule has 2 aromatic carbocycles. The van der Waals surface area contributed by atoms with Crippen LogP contribution in [0.3, 0.4) is 0 Å². The molecule has 0 amide bonds. The maximum absolute atomic E-state index is 5.99. The molecule has 0 saturated carbocycles. The van der Waals surface area contributed by atoms with Crippen molar-refractivity contribution in [3.63, 3.8) is 0 Å². The second kappa shape index (κ2) is 6.48. The highest BCUT2D eigenvalue weighted by Crippen LogP contribution is 2.32. The van der Waals surface area contributed by atoms with E-state index in [9.17, 15) is 0 Å². The zero-order chi connectivity index (χ0) is 14.7. The van der Waals surface area contributed by atoms with E-state index in [1.165, 1.54) is 20.5 Å². The quantitative estimate of drug-likeness (QED) is 0.726. The van der Waals surface area contributed by atoms with E-state index in [1.807, 2.05) is 42.6 Å². The van der Waals surface area contributed by atoms with Crippen molar-refractivity contribution in [3.8, 4) is 5.75 Å². The van der Waals surface area contributed by atoms with Crippen molar-refractivity contribution in [3.05, 3.63) is 64.0 Å². The van der Waals surface area contributed by atoms with Crippen LogP contribution in [0.2, 0.25) is 5.02 Å². The largest absolute Gasteiger partial charge is 0.489 e. The predicted octanol–water partition coefficient (Wildman–Crippen LogP) is 4.85. The summed E-state index contributed by atoms with van der Waals surface area (Å²) >= 11 is 7.81. The lowest BCUT2D eigenvalue weighted by Gasteiger charge is -2.08. The van der Waals surface area contributed by atoms with Crippen molar-refractivity contribution >= 4 is 33.0 Å². The van der Waals surface area contributed by atoms with Crippen molar-refractivity contribution in [2.45, 2.75) is 13.2 Å². The van der Waals surface area contributed by atoms with Gasteiger partial charge in [-0.05, 0) is 36.7 Å². The molecule has 1 N–H and O–H groups in total. The van der Waals surface area contributed by atoms with Gasteiger partial charge in [-0.25, -0.2) is 0 Å². The van der Waals surface area contributed by atoms with Crippen molar-refractivity contribution in [1.82, 2.24) is 5.32 Å². The van der Waals surface area contributed by atoms with Gasteiger partial charge in [0, 0.05) is 26.7 Å². The van der Waals surface area contributed by atoms with Crippen LogP contribution in [0.1, 0.15) is 10.4 Å². The first kappa shape index (κ1) is 14.4. The molecule has 1 heterocycles. The molecule has 0 unspecified atom stereocenters. The second-order valence-corrected chi connectivity index (χ2v) is 6.35. The Balaban J connectivity index is 1.89. The number of ether oxygens (including phenoxy) is 1. The standard InChI is InChI=1S/C17H16ClNOS/c1-19-10-17-15(14-7-2-3-8-16(14)21-17)11-20-13-6-4-5-12(18)9-13/h2-9,19H,10-11H2,1H3. The maximum atomic E-state index is 5.99. The number of benzene rings is 2. The lowest BCUT2D eigenvalue weighted by atomic mass is 10.1. The third kappa shape index (κ3) is 3.21. The monoisotopic (exact) mass is 317 g/mol. The van der Waals surface area contributed by atoms with Crippen LogP contribution in [-0.4, -0.2) is 7.05 Å². The molecule has 2 nitrogen and oxygen atoms in total. The van der Waals surface area contributed by atoms with Crippen molar-refractivity contribution in [2.75, 3.05) is 7.05 Å². The van der Waals surface area contributed by atoms with E-state index < -0.39 is 0 Å². The molecule has 3 aromatic rings. The van der Waals surface area contributed by atoms with Crippen LogP contribution in [0.4, 0.5) is 0 Å². The summed E-state index contributed by atoms with van der Waals surface area (Å²) in [5.41, 5.74) is 1.25. The fourth-order valence-electron chi connectivity index (χ4n) is 2.32. The molecule has 0 aliphatic carbocycles. The number of thiophene rings is 1. The Hall–Kier alpha value is -1.55. The van der Waals surface area contributed by atoms with Crippen LogP contribution in [0.25, 0.3) is 10.1 Å². The van der Waals surface area contributed by atoms with Gasteiger partial charge in [0.15, 0.2) is 0 Å². The molecular weight excluding hydrogens is 302 g/mol. The van der Waals surface area contributed by atoms with E-state index in [0.717, 1.165) is 12.3 Å². The van der Waals surface area contributed by atoms with Gasteiger partial charge in [-0.2, -0.15) is 0 Å². The Labute approximate surface area is 133 Å². The number of fused-ring (bicyclic) bond motifs is 1. The number of nitrogens with one attached hydrogen (secondary N) is 1. The molecule has 0 aliphatic heterocycles. The molecule has 0 spiro atoms. The van der Waals surface area contributed by atoms with Gasteiger partial charge in [-0.15, -0.1) is 11.3 Å². The number of hydrogen-bond acceptors (Lipinski definition) is 3. The van der Waals surface area contributed by atoms with Gasteiger partial charge < -0.3 is 10.1 Å². The molecule has 108 valence electrons. The molecule has 1 aromatic heterocycles. The summed E-state index contributed by atoms with van der Waals surface area (Å²) in [4.78, 5) is 1.32. The minimum atomic E-state index is 0.557. The molecule has 0 bridgehead atoms. The summed E-state index contributed by atoms with van der Waals surface area (Å²) in [5.74, 6) is 0.799. The van der Waals surface area contributed by atoms with E-state index in [0.29, 0.717) is 11.6 Å². The molecule has 0 atom stereocenters. The van der Waals surface area contributed by atoms with Gasteiger partial charge in [0.1, 0.15) is 12.4 Å². The Bertz CT molecular complexity index is 753. The molecule has 0 saturated heterocycles. The number of rotatable bonds is 5. The van der Waals surface area contributed by atoms with E-state index in [2.05, 4.69) is 29.6 Å². The summed E-state index contributed by atoms with van der Waals surface area (Å²) in [6.07, 6.45) is 0.